The number of carbonyl (C=O) groups is 1. The topological polar surface area (TPSA) is 51.2 Å². The molecule has 1 aromatic rings. The molecule has 1 rings (SSSR count). The maximum atomic E-state index is 11.5. The van der Waals surface area contributed by atoms with Gasteiger partial charge in [-0.15, -0.1) is 0 Å². The van der Waals surface area contributed by atoms with Crippen molar-refractivity contribution in [2.24, 2.45) is 0 Å². The van der Waals surface area contributed by atoms with Crippen LogP contribution in [0.5, 0.6) is 0 Å². The summed E-state index contributed by atoms with van der Waals surface area (Å²) in [5, 5.41) is 2.78. The van der Waals surface area contributed by atoms with E-state index in [2.05, 4.69) is 17.2 Å². The van der Waals surface area contributed by atoms with Gasteiger partial charge in [-0.3, -0.25) is 4.98 Å². The molecule has 0 aliphatic heterocycles. The maximum absolute atomic E-state index is 11.5. The van der Waals surface area contributed by atoms with E-state index < -0.39 is 5.60 Å². The van der Waals surface area contributed by atoms with Crippen LogP contribution in [0.25, 0.3) is 0 Å². The van der Waals surface area contributed by atoms with E-state index in [9.17, 15) is 4.79 Å². The van der Waals surface area contributed by atoms with Gasteiger partial charge in [-0.1, -0.05) is 13.0 Å². The van der Waals surface area contributed by atoms with Crippen molar-refractivity contribution in [1.82, 2.24) is 10.3 Å². The summed E-state index contributed by atoms with van der Waals surface area (Å²) in [6.45, 7) is 8.30. The van der Waals surface area contributed by atoms with Crippen LogP contribution in [-0.4, -0.2) is 23.2 Å². The molecule has 19 heavy (non-hydrogen) atoms. The van der Waals surface area contributed by atoms with Crippen molar-refractivity contribution in [3.8, 4) is 0 Å². The van der Waals surface area contributed by atoms with Crippen LogP contribution in [0.4, 0.5) is 4.79 Å². The minimum absolute atomic E-state index is 0.358. The number of alkyl carbamates (subject to hydrolysis) is 1. The minimum atomic E-state index is -0.449. The number of pyridine rings is 1. The zero-order valence-electron chi connectivity index (χ0n) is 12.3. The third-order valence-corrected chi connectivity index (χ3v) is 2.76. The standard InChI is InChI=1S/C15H24N2O2/c1-5-12(13-8-6-7-10-16-13)9-11-17-14(18)19-15(2,3)4/h6-8,10,12H,5,9,11H2,1-4H3,(H,17,18). The van der Waals surface area contributed by atoms with Crippen molar-refractivity contribution in [3.05, 3.63) is 30.1 Å². The van der Waals surface area contributed by atoms with Gasteiger partial charge in [-0.2, -0.15) is 0 Å². The monoisotopic (exact) mass is 264 g/mol. The Morgan fingerprint density at radius 3 is 2.68 bits per heavy atom. The molecule has 0 spiro atoms. The van der Waals surface area contributed by atoms with Crippen molar-refractivity contribution in [2.45, 2.75) is 52.1 Å². The van der Waals surface area contributed by atoms with Crippen LogP contribution in [0.15, 0.2) is 24.4 Å². The molecule has 0 aromatic carbocycles. The van der Waals surface area contributed by atoms with Gasteiger partial charge in [-0.25, -0.2) is 4.79 Å². The van der Waals surface area contributed by atoms with Gasteiger partial charge in [0, 0.05) is 24.4 Å². The van der Waals surface area contributed by atoms with E-state index in [-0.39, 0.29) is 6.09 Å². The fourth-order valence-electron chi connectivity index (χ4n) is 1.84. The second kappa shape index (κ2) is 7.12. The molecule has 0 saturated carbocycles. The fraction of sp³-hybridized carbons (Fsp3) is 0.600. The highest BCUT2D eigenvalue weighted by atomic mass is 16.6. The van der Waals surface area contributed by atoms with E-state index >= 15 is 0 Å². The Kier molecular flexibility index (Phi) is 5.80. The van der Waals surface area contributed by atoms with Crippen molar-refractivity contribution < 1.29 is 9.53 Å². The van der Waals surface area contributed by atoms with Gasteiger partial charge in [0.15, 0.2) is 0 Å². The van der Waals surface area contributed by atoms with E-state index in [1.54, 1.807) is 6.20 Å². The Hall–Kier alpha value is -1.58. The number of rotatable bonds is 5. The zero-order chi connectivity index (χ0) is 14.3. The number of ether oxygens (including phenoxy) is 1. The summed E-state index contributed by atoms with van der Waals surface area (Å²) in [4.78, 5) is 15.9. The molecule has 0 radical (unpaired) electrons. The van der Waals surface area contributed by atoms with Crippen molar-refractivity contribution in [1.29, 1.82) is 0 Å². The van der Waals surface area contributed by atoms with Crippen molar-refractivity contribution in [3.63, 3.8) is 0 Å². The number of hydrogen-bond acceptors (Lipinski definition) is 3. The molecule has 4 nitrogen and oxygen atoms in total. The first-order valence-corrected chi connectivity index (χ1v) is 6.80. The summed E-state index contributed by atoms with van der Waals surface area (Å²) in [6.07, 6.45) is 3.32. The zero-order valence-corrected chi connectivity index (χ0v) is 12.3. The lowest BCUT2D eigenvalue weighted by atomic mass is 9.98. The molecule has 0 saturated heterocycles. The Balaban J connectivity index is 2.37. The molecule has 0 bridgehead atoms. The van der Waals surface area contributed by atoms with Crippen molar-refractivity contribution in [2.75, 3.05) is 6.54 Å². The molecular formula is C15H24N2O2. The van der Waals surface area contributed by atoms with E-state index in [0.29, 0.717) is 12.5 Å². The molecule has 106 valence electrons. The van der Waals surface area contributed by atoms with Gasteiger partial charge in [0.1, 0.15) is 5.60 Å². The third kappa shape index (κ3) is 6.22. The summed E-state index contributed by atoms with van der Waals surface area (Å²) in [5.74, 6) is 0.371. The summed E-state index contributed by atoms with van der Waals surface area (Å²) in [7, 11) is 0. The van der Waals surface area contributed by atoms with Crippen LogP contribution in [0.3, 0.4) is 0 Å². The predicted molar refractivity (Wildman–Crippen MR) is 76.1 cm³/mol. The first-order valence-electron chi connectivity index (χ1n) is 6.80. The first kappa shape index (κ1) is 15.5. The van der Waals surface area contributed by atoms with Gasteiger partial charge >= 0.3 is 6.09 Å². The Labute approximate surface area is 115 Å². The molecular weight excluding hydrogens is 240 g/mol. The average Bonchev–Trinajstić information content (AvgIpc) is 2.33. The number of nitrogens with one attached hydrogen (secondary N) is 1. The summed E-state index contributed by atoms with van der Waals surface area (Å²) in [5.41, 5.74) is 0.630. The molecule has 4 heteroatoms. The van der Waals surface area contributed by atoms with Gasteiger partial charge < -0.3 is 10.1 Å². The highest BCUT2D eigenvalue weighted by molar-refractivity contribution is 5.67. The Morgan fingerprint density at radius 2 is 2.16 bits per heavy atom. The minimum Gasteiger partial charge on any atom is -0.444 e. The molecule has 1 unspecified atom stereocenters. The van der Waals surface area contributed by atoms with Crippen LogP contribution in [-0.2, 0) is 4.74 Å². The molecule has 1 amide bonds. The summed E-state index contributed by atoms with van der Waals surface area (Å²) < 4.78 is 5.19. The molecule has 0 fully saturated rings. The predicted octanol–water partition coefficient (Wildman–Crippen LogP) is 3.49. The first-order chi connectivity index (χ1) is 8.92. The Morgan fingerprint density at radius 1 is 1.42 bits per heavy atom. The number of hydrogen-bond donors (Lipinski definition) is 1. The number of aromatic nitrogens is 1. The second-order valence-corrected chi connectivity index (χ2v) is 5.58. The molecule has 1 aromatic heterocycles. The lowest BCUT2D eigenvalue weighted by Gasteiger charge is -2.20. The smallest absolute Gasteiger partial charge is 0.407 e. The molecule has 0 aliphatic rings. The second-order valence-electron chi connectivity index (χ2n) is 5.58. The lowest BCUT2D eigenvalue weighted by Crippen LogP contribution is -2.33. The van der Waals surface area contributed by atoms with E-state index in [0.717, 1.165) is 18.5 Å². The van der Waals surface area contributed by atoms with Gasteiger partial charge in [-0.05, 0) is 45.7 Å². The lowest BCUT2D eigenvalue weighted by molar-refractivity contribution is 0.0526. The highest BCUT2D eigenvalue weighted by Gasteiger charge is 2.16. The molecule has 1 N–H and O–H groups in total. The van der Waals surface area contributed by atoms with Crippen LogP contribution < -0.4 is 5.32 Å². The quantitative estimate of drug-likeness (QED) is 0.885. The van der Waals surface area contributed by atoms with Gasteiger partial charge in [0.2, 0.25) is 0 Å². The summed E-state index contributed by atoms with van der Waals surface area (Å²) in [6, 6.07) is 5.93. The molecule has 0 aliphatic carbocycles. The number of amides is 1. The Bertz CT molecular complexity index is 385. The van der Waals surface area contributed by atoms with E-state index in [1.807, 2.05) is 39.0 Å². The number of nitrogens with zero attached hydrogens (tertiary/aromatic N) is 1. The maximum Gasteiger partial charge on any atom is 0.407 e. The summed E-state index contributed by atoms with van der Waals surface area (Å²) >= 11 is 0. The SMILES string of the molecule is CCC(CCNC(=O)OC(C)(C)C)c1ccccn1. The third-order valence-electron chi connectivity index (χ3n) is 2.76. The van der Waals surface area contributed by atoms with Crippen molar-refractivity contribution >= 4 is 6.09 Å². The van der Waals surface area contributed by atoms with Crippen LogP contribution >= 0.6 is 0 Å². The molecule has 1 atom stereocenters. The van der Waals surface area contributed by atoms with E-state index in [4.69, 9.17) is 4.74 Å². The largest absolute Gasteiger partial charge is 0.444 e. The number of carbonyl (C=O) groups excluding carboxylic acids is 1. The fourth-order valence-corrected chi connectivity index (χ4v) is 1.84. The van der Waals surface area contributed by atoms with Gasteiger partial charge in [0.25, 0.3) is 0 Å². The average molecular weight is 264 g/mol. The van der Waals surface area contributed by atoms with Crippen LogP contribution in [0, 0.1) is 0 Å². The van der Waals surface area contributed by atoms with Crippen LogP contribution in [0.1, 0.15) is 52.1 Å². The normalized spacial score (nSPS) is 12.8. The van der Waals surface area contributed by atoms with Gasteiger partial charge in [0.05, 0.1) is 0 Å². The highest BCUT2D eigenvalue weighted by Crippen LogP contribution is 2.20. The molecule has 1 heterocycles. The van der Waals surface area contributed by atoms with E-state index in [1.165, 1.54) is 0 Å². The van der Waals surface area contributed by atoms with Crippen LogP contribution in [0.2, 0.25) is 0 Å².